The fourth-order valence-electron chi connectivity index (χ4n) is 3.29. The zero-order chi connectivity index (χ0) is 30.7. The van der Waals surface area contributed by atoms with Gasteiger partial charge in [-0.25, -0.2) is 14.6 Å². The number of nitrogens with zero attached hydrogens (tertiary/aromatic N) is 2. The number of halogens is 6. The number of likely N-dealkylation sites (N-methyl/N-ethyl adjacent to an activating group) is 1. The number of aromatic nitrogens is 2. The number of aliphatic carboxylic acids is 2. The number of pyridine rings is 1. The number of carboxylic acids is 2. The maximum absolute atomic E-state index is 12.5. The van der Waals surface area contributed by atoms with Crippen molar-refractivity contribution in [2.24, 2.45) is 0 Å². The Morgan fingerprint density at radius 3 is 2.10 bits per heavy atom. The van der Waals surface area contributed by atoms with E-state index in [-0.39, 0.29) is 23.9 Å². The van der Waals surface area contributed by atoms with Gasteiger partial charge in [-0.05, 0) is 31.5 Å². The number of rotatable bonds is 6. The van der Waals surface area contributed by atoms with Gasteiger partial charge in [0.05, 0.1) is 6.04 Å². The predicted molar refractivity (Wildman–Crippen MR) is 126 cm³/mol. The predicted octanol–water partition coefficient (Wildman–Crippen LogP) is 1.77. The fourth-order valence-corrected chi connectivity index (χ4v) is 3.29. The molecule has 0 aliphatic carbocycles. The molecule has 3 heterocycles. The van der Waals surface area contributed by atoms with Crippen molar-refractivity contribution in [2.45, 2.75) is 44.3 Å². The zero-order valence-electron chi connectivity index (χ0n) is 20.7. The summed E-state index contributed by atoms with van der Waals surface area (Å²) in [6, 6.07) is 6.80. The molecule has 0 saturated carbocycles. The first-order chi connectivity index (χ1) is 18.5. The van der Waals surface area contributed by atoms with Crippen LogP contribution in [0.2, 0.25) is 0 Å². The zero-order valence-corrected chi connectivity index (χ0v) is 20.7. The van der Waals surface area contributed by atoms with Gasteiger partial charge in [0, 0.05) is 43.6 Å². The number of hydrogen-bond acceptors (Lipinski definition) is 7. The molecule has 0 spiro atoms. The number of aromatic amines is 1. The van der Waals surface area contributed by atoms with Crippen LogP contribution in [0.25, 0.3) is 0 Å². The Labute approximate surface area is 222 Å². The van der Waals surface area contributed by atoms with Crippen molar-refractivity contribution in [3.8, 4) is 0 Å². The molecule has 18 heteroatoms. The minimum absolute atomic E-state index is 0.0356. The van der Waals surface area contributed by atoms with Crippen LogP contribution >= 0.6 is 0 Å². The minimum atomic E-state index is -5.08. The number of hydrogen-bond donors (Lipinski definition) is 6. The standard InChI is InChI=1S/C18H24N6O2.2C2HF3O2/c1-2-20-18(26)15-9-13(23-17(25)14-6-4-7-21-14)11-24(15)10-12-5-3-8-22-16(12)19;2*3-2(4,5)1(6)7/h3-8,13,15,21H,2,9-11H2,1H3,(H2,19,22)(H,20,26)(H,23,25);2*(H,6,7)/t13-,15+;;/m1../s1. The lowest BCUT2D eigenvalue weighted by Gasteiger charge is -2.23. The Morgan fingerprint density at radius 2 is 1.65 bits per heavy atom. The number of nitrogens with two attached hydrogens (primary N) is 1. The molecule has 2 amide bonds. The molecule has 1 aliphatic heterocycles. The molecule has 2 atom stereocenters. The first-order valence-electron chi connectivity index (χ1n) is 11.2. The Balaban J connectivity index is 0.000000473. The third-order valence-electron chi connectivity index (χ3n) is 5.02. The first-order valence-corrected chi connectivity index (χ1v) is 11.2. The minimum Gasteiger partial charge on any atom is -0.475 e. The van der Waals surface area contributed by atoms with Crippen LogP contribution in [0.15, 0.2) is 36.7 Å². The first kappa shape index (κ1) is 33.7. The van der Waals surface area contributed by atoms with Crippen LogP contribution in [0.3, 0.4) is 0 Å². The summed E-state index contributed by atoms with van der Waals surface area (Å²) in [5.74, 6) is -5.26. The molecule has 1 aliphatic rings. The van der Waals surface area contributed by atoms with E-state index in [1.807, 2.05) is 24.0 Å². The molecule has 0 unspecified atom stereocenters. The average molecular weight is 584 g/mol. The van der Waals surface area contributed by atoms with Crippen LogP contribution in [-0.2, 0) is 20.9 Å². The highest BCUT2D eigenvalue weighted by atomic mass is 19.4. The summed E-state index contributed by atoms with van der Waals surface area (Å²) in [6.45, 7) is 3.54. The topological polar surface area (TPSA) is 191 Å². The highest BCUT2D eigenvalue weighted by Crippen LogP contribution is 2.23. The Kier molecular flexibility index (Phi) is 12.4. The van der Waals surface area contributed by atoms with Gasteiger partial charge in [-0.1, -0.05) is 6.07 Å². The van der Waals surface area contributed by atoms with E-state index in [0.29, 0.717) is 37.6 Å². The smallest absolute Gasteiger partial charge is 0.475 e. The van der Waals surface area contributed by atoms with Gasteiger partial charge in [-0.15, -0.1) is 0 Å². The van der Waals surface area contributed by atoms with Crippen LogP contribution in [0, 0.1) is 0 Å². The number of nitrogen functional groups attached to an aromatic ring is 1. The fraction of sp³-hybridized carbons (Fsp3) is 0.409. The van der Waals surface area contributed by atoms with E-state index < -0.39 is 24.3 Å². The SMILES string of the molecule is CCNC(=O)[C@@H]1C[C@@H](NC(=O)c2ccc[nH]2)CN1Cc1cccnc1N.O=C(O)C(F)(F)F.O=C(O)C(F)(F)F. The molecule has 0 bridgehead atoms. The Bertz CT molecular complexity index is 1120. The third kappa shape index (κ3) is 11.2. The highest BCUT2D eigenvalue weighted by molar-refractivity contribution is 5.92. The van der Waals surface area contributed by atoms with Crippen molar-refractivity contribution in [3.05, 3.63) is 47.9 Å². The monoisotopic (exact) mass is 584 g/mol. The van der Waals surface area contributed by atoms with Gasteiger partial charge in [-0.2, -0.15) is 26.3 Å². The van der Waals surface area contributed by atoms with E-state index in [1.54, 1.807) is 24.5 Å². The number of alkyl halides is 6. The van der Waals surface area contributed by atoms with E-state index in [2.05, 4.69) is 20.6 Å². The van der Waals surface area contributed by atoms with Crippen molar-refractivity contribution in [2.75, 3.05) is 18.8 Å². The maximum atomic E-state index is 12.5. The number of likely N-dealkylation sites (tertiary alicyclic amines) is 1. The van der Waals surface area contributed by atoms with Crippen LogP contribution < -0.4 is 16.4 Å². The van der Waals surface area contributed by atoms with Crippen LogP contribution in [0.1, 0.15) is 29.4 Å². The Hall–Kier alpha value is -4.35. The van der Waals surface area contributed by atoms with Crippen molar-refractivity contribution in [1.82, 2.24) is 25.5 Å². The van der Waals surface area contributed by atoms with Crippen LogP contribution in [0.5, 0.6) is 0 Å². The lowest BCUT2D eigenvalue weighted by atomic mass is 10.1. The van der Waals surface area contributed by atoms with Crippen molar-refractivity contribution >= 4 is 29.6 Å². The largest absolute Gasteiger partial charge is 0.490 e. The Morgan fingerprint density at radius 1 is 1.07 bits per heavy atom. The molecule has 7 N–H and O–H groups in total. The van der Waals surface area contributed by atoms with Crippen molar-refractivity contribution < 1.29 is 55.7 Å². The lowest BCUT2D eigenvalue weighted by molar-refractivity contribution is -0.193. The van der Waals surface area contributed by atoms with E-state index in [1.165, 1.54) is 0 Å². The molecule has 2 aromatic heterocycles. The summed E-state index contributed by atoms with van der Waals surface area (Å²) in [5.41, 5.74) is 7.33. The van der Waals surface area contributed by atoms with Crippen molar-refractivity contribution in [3.63, 3.8) is 0 Å². The number of carboxylic acid groups (broad SMARTS) is 2. The second-order valence-corrected chi connectivity index (χ2v) is 7.98. The summed E-state index contributed by atoms with van der Waals surface area (Å²) in [4.78, 5) is 51.6. The highest BCUT2D eigenvalue weighted by Gasteiger charge is 2.39. The molecule has 1 saturated heterocycles. The van der Waals surface area contributed by atoms with E-state index in [0.717, 1.165) is 5.56 Å². The lowest BCUT2D eigenvalue weighted by Crippen LogP contribution is -2.42. The van der Waals surface area contributed by atoms with Crippen LogP contribution in [0.4, 0.5) is 32.2 Å². The summed E-state index contributed by atoms with van der Waals surface area (Å²) < 4.78 is 63.5. The number of carbonyl (C=O) groups excluding carboxylic acids is 2. The normalized spacial score (nSPS) is 17.0. The van der Waals surface area contributed by atoms with E-state index >= 15 is 0 Å². The molecular weight excluding hydrogens is 558 g/mol. The summed E-state index contributed by atoms with van der Waals surface area (Å²) >= 11 is 0. The molecule has 40 heavy (non-hydrogen) atoms. The van der Waals surface area contributed by atoms with Gasteiger partial charge in [0.2, 0.25) is 5.91 Å². The van der Waals surface area contributed by atoms with Gasteiger partial charge in [-0.3, -0.25) is 14.5 Å². The van der Waals surface area contributed by atoms with Crippen molar-refractivity contribution in [1.29, 1.82) is 0 Å². The second kappa shape index (κ2) is 14.7. The number of anilines is 1. The van der Waals surface area contributed by atoms with E-state index in [4.69, 9.17) is 25.5 Å². The molecule has 2 aromatic rings. The molecule has 222 valence electrons. The molecule has 0 aromatic carbocycles. The summed E-state index contributed by atoms with van der Waals surface area (Å²) in [6.07, 6.45) is -6.26. The van der Waals surface area contributed by atoms with Gasteiger partial charge < -0.3 is 31.6 Å². The number of H-pyrrole nitrogens is 1. The summed E-state index contributed by atoms with van der Waals surface area (Å²) in [7, 11) is 0. The number of amides is 2. The van der Waals surface area contributed by atoms with Gasteiger partial charge in [0.25, 0.3) is 5.91 Å². The second-order valence-electron chi connectivity index (χ2n) is 7.98. The van der Waals surface area contributed by atoms with Gasteiger partial charge in [0.1, 0.15) is 11.5 Å². The van der Waals surface area contributed by atoms with Crippen LogP contribution in [-0.4, -0.2) is 86.4 Å². The average Bonchev–Trinajstić information content (AvgIpc) is 3.51. The molecule has 3 rings (SSSR count). The van der Waals surface area contributed by atoms with E-state index in [9.17, 15) is 35.9 Å². The summed E-state index contributed by atoms with van der Waals surface area (Å²) in [5, 5.41) is 20.1. The molecule has 0 radical (unpaired) electrons. The molecule has 1 fully saturated rings. The third-order valence-corrected chi connectivity index (χ3v) is 5.02. The molecule has 12 nitrogen and oxygen atoms in total. The van der Waals surface area contributed by atoms with Gasteiger partial charge >= 0.3 is 24.3 Å². The quantitative estimate of drug-likeness (QED) is 0.275. The van der Waals surface area contributed by atoms with Gasteiger partial charge in [0.15, 0.2) is 0 Å². The number of nitrogens with one attached hydrogen (secondary N) is 3. The molecular formula is C22H26F6N6O6. The maximum Gasteiger partial charge on any atom is 0.490 e. The number of carbonyl (C=O) groups is 4.